The highest BCUT2D eigenvalue weighted by Gasteiger charge is 2.34. The summed E-state index contributed by atoms with van der Waals surface area (Å²) >= 11 is 6.56. The quantitative estimate of drug-likeness (QED) is 0.273. The molecule has 0 N–H and O–H groups in total. The van der Waals surface area contributed by atoms with Gasteiger partial charge in [-0.15, -0.1) is 6.58 Å². The van der Waals surface area contributed by atoms with Crippen LogP contribution < -0.4 is 9.47 Å². The van der Waals surface area contributed by atoms with Crippen molar-refractivity contribution in [2.24, 2.45) is 5.92 Å². The van der Waals surface area contributed by atoms with Crippen molar-refractivity contribution in [3.05, 3.63) is 102 Å². The first-order chi connectivity index (χ1) is 15.5. The summed E-state index contributed by atoms with van der Waals surface area (Å²) < 4.78 is 11.7. The molecule has 0 aromatic heterocycles. The Morgan fingerprint density at radius 2 is 1.72 bits per heavy atom. The summed E-state index contributed by atoms with van der Waals surface area (Å²) in [5, 5.41) is 0.650. The van der Waals surface area contributed by atoms with Crippen LogP contribution in [-0.4, -0.2) is 6.61 Å². The van der Waals surface area contributed by atoms with E-state index >= 15 is 0 Å². The molecule has 0 heterocycles. The Hall–Kier alpha value is -2.71. The second kappa shape index (κ2) is 11.2. The first-order valence-electron chi connectivity index (χ1n) is 11.4. The van der Waals surface area contributed by atoms with Gasteiger partial charge in [0, 0.05) is 5.41 Å². The van der Waals surface area contributed by atoms with Gasteiger partial charge in [0.15, 0.2) is 0 Å². The highest BCUT2D eigenvalue weighted by atomic mass is 35.5. The number of ether oxygens (including phenoxy) is 2. The van der Waals surface area contributed by atoms with E-state index in [2.05, 4.69) is 56.8 Å². The highest BCUT2D eigenvalue weighted by Crippen LogP contribution is 2.42. The van der Waals surface area contributed by atoms with Crippen LogP contribution in [0.5, 0.6) is 17.2 Å². The summed E-state index contributed by atoms with van der Waals surface area (Å²) in [4.78, 5) is 0. The SMILES string of the molecule is C=CC(CCC)(c1ccc(OCC)c(Cl)c1)C(C)Cc1cccc(Oc2ccccc2)c1. The average molecular weight is 449 g/mol. The molecule has 3 aromatic carbocycles. The second-order valence-electron chi connectivity index (χ2n) is 8.24. The summed E-state index contributed by atoms with van der Waals surface area (Å²) in [6, 6.07) is 24.4. The molecule has 0 spiro atoms. The fraction of sp³-hybridized carbons (Fsp3) is 0.310. The Morgan fingerprint density at radius 3 is 2.38 bits per heavy atom. The van der Waals surface area contributed by atoms with Crippen molar-refractivity contribution in [3.63, 3.8) is 0 Å². The van der Waals surface area contributed by atoms with E-state index in [0.717, 1.165) is 36.5 Å². The molecular weight excluding hydrogens is 416 g/mol. The lowest BCUT2D eigenvalue weighted by Crippen LogP contribution is -2.33. The Kier molecular flexibility index (Phi) is 8.41. The van der Waals surface area contributed by atoms with Gasteiger partial charge in [-0.05, 0) is 73.2 Å². The molecule has 0 fully saturated rings. The molecule has 0 aliphatic heterocycles. The number of hydrogen-bond acceptors (Lipinski definition) is 2. The van der Waals surface area contributed by atoms with Gasteiger partial charge in [-0.3, -0.25) is 0 Å². The van der Waals surface area contributed by atoms with Gasteiger partial charge in [-0.25, -0.2) is 0 Å². The zero-order valence-corrected chi connectivity index (χ0v) is 20.1. The number of hydrogen-bond donors (Lipinski definition) is 0. The Morgan fingerprint density at radius 1 is 0.969 bits per heavy atom. The van der Waals surface area contributed by atoms with E-state index in [1.165, 1.54) is 11.1 Å². The molecule has 0 saturated carbocycles. The molecule has 2 nitrogen and oxygen atoms in total. The van der Waals surface area contributed by atoms with E-state index in [1.807, 2.05) is 49.4 Å². The molecule has 0 bridgehead atoms. The van der Waals surface area contributed by atoms with Gasteiger partial charge >= 0.3 is 0 Å². The normalized spacial score (nSPS) is 13.8. The van der Waals surface area contributed by atoms with E-state index < -0.39 is 0 Å². The minimum Gasteiger partial charge on any atom is -0.492 e. The van der Waals surface area contributed by atoms with Crippen LogP contribution >= 0.6 is 11.6 Å². The third-order valence-corrected chi connectivity index (χ3v) is 6.39. The summed E-state index contributed by atoms with van der Waals surface area (Å²) in [5.74, 6) is 2.74. The molecule has 0 saturated heterocycles. The molecule has 0 aliphatic rings. The van der Waals surface area contributed by atoms with Crippen LogP contribution in [0.3, 0.4) is 0 Å². The molecule has 0 radical (unpaired) electrons. The largest absolute Gasteiger partial charge is 0.492 e. The number of allylic oxidation sites excluding steroid dienone is 1. The summed E-state index contributed by atoms with van der Waals surface area (Å²) in [5.41, 5.74) is 2.25. The van der Waals surface area contributed by atoms with E-state index in [4.69, 9.17) is 21.1 Å². The molecule has 2 atom stereocenters. The van der Waals surface area contributed by atoms with E-state index in [9.17, 15) is 0 Å². The minimum absolute atomic E-state index is 0.181. The van der Waals surface area contributed by atoms with Gasteiger partial charge in [0.1, 0.15) is 17.2 Å². The van der Waals surface area contributed by atoms with Gasteiger partial charge in [0.2, 0.25) is 0 Å². The molecular formula is C29H33ClO2. The number of para-hydroxylation sites is 1. The van der Waals surface area contributed by atoms with Crippen LogP contribution in [0.15, 0.2) is 85.5 Å². The third-order valence-electron chi connectivity index (χ3n) is 6.10. The minimum atomic E-state index is -0.181. The molecule has 32 heavy (non-hydrogen) atoms. The Labute approximate surface area is 197 Å². The molecule has 3 rings (SSSR count). The van der Waals surface area contributed by atoms with Gasteiger partial charge in [0.25, 0.3) is 0 Å². The van der Waals surface area contributed by atoms with Gasteiger partial charge in [-0.2, -0.15) is 0 Å². The highest BCUT2D eigenvalue weighted by molar-refractivity contribution is 6.32. The van der Waals surface area contributed by atoms with E-state index in [-0.39, 0.29) is 5.41 Å². The van der Waals surface area contributed by atoms with Crippen molar-refractivity contribution in [2.45, 2.75) is 45.4 Å². The maximum absolute atomic E-state index is 6.56. The lowest BCUT2D eigenvalue weighted by atomic mass is 9.66. The number of halogens is 1. The van der Waals surface area contributed by atoms with Crippen LogP contribution in [-0.2, 0) is 11.8 Å². The zero-order chi connectivity index (χ0) is 23.0. The third kappa shape index (κ3) is 5.55. The van der Waals surface area contributed by atoms with E-state index in [0.29, 0.717) is 17.5 Å². The van der Waals surface area contributed by atoms with Crippen molar-refractivity contribution < 1.29 is 9.47 Å². The molecule has 168 valence electrons. The molecule has 0 aliphatic carbocycles. The molecule has 3 heteroatoms. The Bertz CT molecular complexity index is 1010. The lowest BCUT2D eigenvalue weighted by Gasteiger charge is -2.38. The zero-order valence-electron chi connectivity index (χ0n) is 19.3. The summed E-state index contributed by atoms with van der Waals surface area (Å²) in [6.07, 6.45) is 5.07. The summed E-state index contributed by atoms with van der Waals surface area (Å²) in [6.45, 7) is 11.3. The number of rotatable bonds is 11. The standard InChI is InChI=1S/C29H33ClO2/c1-5-18-29(6-2,24-16-17-28(31-7-3)27(30)21-24)22(4)19-23-12-11-15-26(20-23)32-25-13-9-8-10-14-25/h6,8-17,20-22H,2,5,7,18-19H2,1,3-4H3. The van der Waals surface area contributed by atoms with Crippen LogP contribution in [0.1, 0.15) is 44.7 Å². The van der Waals surface area contributed by atoms with Crippen LogP contribution in [0.25, 0.3) is 0 Å². The first kappa shape index (κ1) is 23.9. The fourth-order valence-electron chi connectivity index (χ4n) is 4.47. The monoisotopic (exact) mass is 448 g/mol. The maximum atomic E-state index is 6.56. The first-order valence-corrected chi connectivity index (χ1v) is 11.8. The van der Waals surface area contributed by atoms with E-state index in [1.54, 1.807) is 0 Å². The van der Waals surface area contributed by atoms with Crippen molar-refractivity contribution in [3.8, 4) is 17.2 Å². The topological polar surface area (TPSA) is 18.5 Å². The van der Waals surface area contributed by atoms with Gasteiger partial charge in [0.05, 0.1) is 11.6 Å². The number of benzene rings is 3. The van der Waals surface area contributed by atoms with Crippen LogP contribution in [0.4, 0.5) is 0 Å². The second-order valence-corrected chi connectivity index (χ2v) is 8.65. The van der Waals surface area contributed by atoms with Crippen molar-refractivity contribution in [1.82, 2.24) is 0 Å². The van der Waals surface area contributed by atoms with Crippen molar-refractivity contribution >= 4 is 11.6 Å². The van der Waals surface area contributed by atoms with Crippen LogP contribution in [0, 0.1) is 5.92 Å². The molecule has 2 unspecified atom stereocenters. The van der Waals surface area contributed by atoms with Gasteiger partial charge in [-0.1, -0.05) is 74.3 Å². The smallest absolute Gasteiger partial charge is 0.137 e. The van der Waals surface area contributed by atoms with Crippen LogP contribution in [0.2, 0.25) is 5.02 Å². The predicted octanol–water partition coefficient (Wildman–Crippen LogP) is 8.63. The summed E-state index contributed by atoms with van der Waals surface area (Å²) in [7, 11) is 0. The van der Waals surface area contributed by atoms with Crippen molar-refractivity contribution in [2.75, 3.05) is 6.61 Å². The molecule has 0 amide bonds. The lowest BCUT2D eigenvalue weighted by molar-refractivity contribution is 0.325. The predicted molar refractivity (Wildman–Crippen MR) is 135 cm³/mol. The van der Waals surface area contributed by atoms with Gasteiger partial charge < -0.3 is 9.47 Å². The fourth-order valence-corrected chi connectivity index (χ4v) is 4.70. The molecule has 3 aromatic rings. The Balaban J connectivity index is 1.86. The average Bonchev–Trinajstić information content (AvgIpc) is 2.80. The van der Waals surface area contributed by atoms with Crippen molar-refractivity contribution in [1.29, 1.82) is 0 Å². The maximum Gasteiger partial charge on any atom is 0.137 e.